The zero-order chi connectivity index (χ0) is 15.5. The van der Waals surface area contributed by atoms with Gasteiger partial charge in [-0.05, 0) is 12.5 Å². The van der Waals surface area contributed by atoms with E-state index in [1.807, 2.05) is 0 Å². The Bertz CT molecular complexity index is 465. The second-order valence-corrected chi connectivity index (χ2v) is 4.59. The van der Waals surface area contributed by atoms with Crippen molar-refractivity contribution in [3.05, 3.63) is 34.4 Å². The molecule has 0 unspecified atom stereocenters. The highest BCUT2D eigenvalue weighted by atomic mass is 16.7. The van der Waals surface area contributed by atoms with Gasteiger partial charge in [0.15, 0.2) is 0 Å². The summed E-state index contributed by atoms with van der Waals surface area (Å²) in [5.74, 6) is 0. The smallest absolute Gasteiger partial charge is 0.300 e. The molecule has 1 aromatic carbocycles. The third kappa shape index (κ3) is 6.71. The molecule has 116 valence electrons. The number of para-hydroxylation sites is 2. The fourth-order valence-electron chi connectivity index (χ4n) is 1.78. The van der Waals surface area contributed by atoms with E-state index >= 15 is 0 Å². The Kier molecular flexibility index (Phi) is 7.81. The highest BCUT2D eigenvalue weighted by molar-refractivity contribution is 5.91. The lowest BCUT2D eigenvalue weighted by Gasteiger charge is -2.08. The van der Waals surface area contributed by atoms with E-state index in [4.69, 9.17) is 4.84 Å². The largest absolute Gasteiger partial charge is 0.343 e. The Morgan fingerprint density at radius 1 is 1.24 bits per heavy atom. The Labute approximate surface area is 123 Å². The van der Waals surface area contributed by atoms with E-state index in [1.54, 1.807) is 6.07 Å². The third-order valence-electron chi connectivity index (χ3n) is 2.86. The lowest BCUT2D eigenvalue weighted by molar-refractivity contribution is -0.383. The van der Waals surface area contributed by atoms with Crippen molar-refractivity contribution in [1.29, 1.82) is 0 Å². The van der Waals surface area contributed by atoms with Crippen molar-refractivity contribution < 1.29 is 14.6 Å². The van der Waals surface area contributed by atoms with Gasteiger partial charge in [-0.15, -0.1) is 0 Å². The standard InChI is InChI=1S/C14H21N3O4/c1-2-3-4-5-8-11-21-16-14(18)15-12-9-6-7-10-13(12)17(19)20/h6-7,9-10H,2-5,8,11H2,1H3,(H2,15,16,18). The number of nitro benzene ring substituents is 1. The number of carbonyl (C=O) groups excluding carboxylic acids is 1. The number of carbonyl (C=O) groups is 1. The van der Waals surface area contributed by atoms with Crippen LogP contribution in [0.3, 0.4) is 0 Å². The van der Waals surface area contributed by atoms with Gasteiger partial charge in [-0.2, -0.15) is 0 Å². The number of nitro groups is 1. The van der Waals surface area contributed by atoms with Crippen LogP contribution in [-0.4, -0.2) is 17.6 Å². The van der Waals surface area contributed by atoms with Gasteiger partial charge in [-0.3, -0.25) is 15.0 Å². The van der Waals surface area contributed by atoms with Crippen LogP contribution in [0, 0.1) is 10.1 Å². The minimum Gasteiger partial charge on any atom is -0.300 e. The van der Waals surface area contributed by atoms with Crippen molar-refractivity contribution in [3.8, 4) is 0 Å². The van der Waals surface area contributed by atoms with E-state index < -0.39 is 11.0 Å². The van der Waals surface area contributed by atoms with Crippen LogP contribution in [0.4, 0.5) is 16.2 Å². The number of rotatable bonds is 9. The Hall–Kier alpha value is -2.15. The summed E-state index contributed by atoms with van der Waals surface area (Å²) in [4.78, 5) is 26.8. The molecular formula is C14H21N3O4. The highest BCUT2D eigenvalue weighted by Gasteiger charge is 2.14. The van der Waals surface area contributed by atoms with Gasteiger partial charge in [-0.1, -0.05) is 44.7 Å². The molecule has 7 nitrogen and oxygen atoms in total. The maximum Gasteiger partial charge on any atom is 0.343 e. The molecule has 0 heterocycles. The number of hydrogen-bond acceptors (Lipinski definition) is 4. The van der Waals surface area contributed by atoms with Gasteiger partial charge in [0.1, 0.15) is 5.69 Å². The van der Waals surface area contributed by atoms with Gasteiger partial charge in [-0.25, -0.2) is 10.3 Å². The number of hydrogen-bond donors (Lipinski definition) is 2. The number of amides is 2. The maximum atomic E-state index is 11.6. The fraction of sp³-hybridized carbons (Fsp3) is 0.500. The SMILES string of the molecule is CCCCCCCONC(=O)Nc1ccccc1[N+](=O)[O-]. The Morgan fingerprint density at radius 3 is 2.67 bits per heavy atom. The molecule has 2 amide bonds. The highest BCUT2D eigenvalue weighted by Crippen LogP contribution is 2.22. The van der Waals surface area contributed by atoms with Crippen molar-refractivity contribution in [2.45, 2.75) is 39.0 Å². The monoisotopic (exact) mass is 295 g/mol. The molecule has 0 radical (unpaired) electrons. The molecule has 0 spiro atoms. The molecule has 0 aliphatic rings. The zero-order valence-corrected chi connectivity index (χ0v) is 12.1. The van der Waals surface area contributed by atoms with E-state index in [0.29, 0.717) is 6.61 Å². The molecule has 0 aromatic heterocycles. The second-order valence-electron chi connectivity index (χ2n) is 4.59. The molecule has 7 heteroatoms. The lowest BCUT2D eigenvalue weighted by atomic mass is 10.2. The first kappa shape index (κ1) is 16.9. The quantitative estimate of drug-likeness (QED) is 0.413. The van der Waals surface area contributed by atoms with Crippen molar-refractivity contribution >= 4 is 17.4 Å². The summed E-state index contributed by atoms with van der Waals surface area (Å²) in [5, 5.41) is 13.2. The first-order valence-corrected chi connectivity index (χ1v) is 7.07. The topological polar surface area (TPSA) is 93.5 Å². The van der Waals surface area contributed by atoms with Crippen LogP contribution in [0.2, 0.25) is 0 Å². The summed E-state index contributed by atoms with van der Waals surface area (Å²) >= 11 is 0. The van der Waals surface area contributed by atoms with Gasteiger partial charge >= 0.3 is 6.03 Å². The van der Waals surface area contributed by atoms with Gasteiger partial charge in [0.05, 0.1) is 11.5 Å². The first-order chi connectivity index (χ1) is 10.1. The van der Waals surface area contributed by atoms with E-state index in [9.17, 15) is 14.9 Å². The second kappa shape index (κ2) is 9.71. The molecule has 0 aliphatic heterocycles. The number of hydroxylamine groups is 1. The van der Waals surface area contributed by atoms with Crippen LogP contribution in [0.1, 0.15) is 39.0 Å². The summed E-state index contributed by atoms with van der Waals surface area (Å²) in [6.45, 7) is 2.57. The molecule has 0 aliphatic carbocycles. The molecule has 0 atom stereocenters. The molecule has 2 N–H and O–H groups in total. The van der Waals surface area contributed by atoms with Gasteiger partial charge in [0.2, 0.25) is 0 Å². The third-order valence-corrected chi connectivity index (χ3v) is 2.86. The van der Waals surface area contributed by atoms with Crippen LogP contribution in [0.25, 0.3) is 0 Å². The average Bonchev–Trinajstić information content (AvgIpc) is 2.46. The van der Waals surface area contributed by atoms with Crippen molar-refractivity contribution in [1.82, 2.24) is 5.48 Å². The number of urea groups is 1. The Balaban J connectivity index is 2.27. The summed E-state index contributed by atoms with van der Waals surface area (Å²) < 4.78 is 0. The summed E-state index contributed by atoms with van der Waals surface area (Å²) in [6, 6.07) is 5.30. The van der Waals surface area contributed by atoms with Gasteiger partial charge < -0.3 is 5.32 Å². The number of nitrogens with one attached hydrogen (secondary N) is 2. The summed E-state index contributed by atoms with van der Waals surface area (Å²) in [5.41, 5.74) is 2.19. The number of anilines is 1. The number of benzene rings is 1. The summed E-state index contributed by atoms with van der Waals surface area (Å²) in [6.07, 6.45) is 5.46. The molecule has 0 saturated carbocycles. The molecule has 0 bridgehead atoms. The number of nitrogens with zero attached hydrogens (tertiary/aromatic N) is 1. The minimum atomic E-state index is -0.627. The predicted molar refractivity (Wildman–Crippen MR) is 80.0 cm³/mol. The summed E-state index contributed by atoms with van der Waals surface area (Å²) in [7, 11) is 0. The average molecular weight is 295 g/mol. The van der Waals surface area contributed by atoms with Gasteiger partial charge in [0.25, 0.3) is 5.69 Å². The fourth-order valence-corrected chi connectivity index (χ4v) is 1.78. The molecule has 21 heavy (non-hydrogen) atoms. The van der Waals surface area contributed by atoms with Crippen LogP contribution in [0.5, 0.6) is 0 Å². The van der Waals surface area contributed by atoms with Crippen molar-refractivity contribution in [2.75, 3.05) is 11.9 Å². The van der Waals surface area contributed by atoms with E-state index in [0.717, 1.165) is 19.3 Å². The number of unbranched alkanes of at least 4 members (excludes halogenated alkanes) is 4. The van der Waals surface area contributed by atoms with E-state index in [1.165, 1.54) is 31.0 Å². The molecule has 0 saturated heterocycles. The minimum absolute atomic E-state index is 0.131. The van der Waals surface area contributed by atoms with E-state index in [-0.39, 0.29) is 11.4 Å². The van der Waals surface area contributed by atoms with Crippen LogP contribution < -0.4 is 10.8 Å². The van der Waals surface area contributed by atoms with E-state index in [2.05, 4.69) is 17.7 Å². The normalized spacial score (nSPS) is 10.1. The molecule has 0 fully saturated rings. The van der Waals surface area contributed by atoms with Crippen molar-refractivity contribution in [3.63, 3.8) is 0 Å². The molecule has 1 rings (SSSR count). The molecule has 1 aromatic rings. The zero-order valence-electron chi connectivity index (χ0n) is 12.1. The van der Waals surface area contributed by atoms with Gasteiger partial charge in [0, 0.05) is 6.07 Å². The predicted octanol–water partition coefficient (Wildman–Crippen LogP) is 3.62. The first-order valence-electron chi connectivity index (χ1n) is 7.07. The van der Waals surface area contributed by atoms with Crippen LogP contribution in [-0.2, 0) is 4.84 Å². The lowest BCUT2D eigenvalue weighted by Crippen LogP contribution is -2.29. The Morgan fingerprint density at radius 2 is 1.95 bits per heavy atom. The van der Waals surface area contributed by atoms with Crippen LogP contribution >= 0.6 is 0 Å². The maximum absolute atomic E-state index is 11.6. The van der Waals surface area contributed by atoms with Crippen molar-refractivity contribution in [2.24, 2.45) is 0 Å². The molecular weight excluding hydrogens is 274 g/mol. The van der Waals surface area contributed by atoms with Crippen LogP contribution in [0.15, 0.2) is 24.3 Å².